The van der Waals surface area contributed by atoms with Gasteiger partial charge in [-0.15, -0.1) is 0 Å². The van der Waals surface area contributed by atoms with Crippen LogP contribution < -0.4 is 10.2 Å². The molecule has 3 rings (SSSR count). The lowest BCUT2D eigenvalue weighted by Crippen LogP contribution is -2.52. The third kappa shape index (κ3) is 2.84. The number of nitrogens with zero attached hydrogens (tertiary/aromatic N) is 1. The largest absolute Gasteiger partial charge is 0.369 e. The zero-order valence-electron chi connectivity index (χ0n) is 12.1. The fraction of sp³-hybridized carbons (Fsp3) is 0.412. The summed E-state index contributed by atoms with van der Waals surface area (Å²) in [6.45, 7) is 7.84. The molecule has 1 unspecified atom stereocenters. The maximum absolute atomic E-state index is 3.62. The fourth-order valence-electron chi connectivity index (χ4n) is 2.86. The molecule has 0 radical (unpaired) electrons. The van der Waals surface area contributed by atoms with Gasteiger partial charge < -0.3 is 10.2 Å². The van der Waals surface area contributed by atoms with Crippen molar-refractivity contribution in [2.45, 2.75) is 19.9 Å². The van der Waals surface area contributed by atoms with Crippen LogP contribution in [0.2, 0.25) is 0 Å². The summed E-state index contributed by atoms with van der Waals surface area (Å²) in [6.07, 6.45) is 0. The number of hydrogen-bond donors (Lipinski definition) is 1. The maximum atomic E-state index is 3.62. The highest BCUT2D eigenvalue weighted by Crippen LogP contribution is 2.26. The first-order chi connectivity index (χ1) is 9.63. The zero-order chi connectivity index (χ0) is 14.1. The summed E-state index contributed by atoms with van der Waals surface area (Å²) in [5.74, 6) is 0.675. The van der Waals surface area contributed by atoms with Crippen molar-refractivity contribution in [3.05, 3.63) is 40.9 Å². The van der Waals surface area contributed by atoms with Crippen LogP contribution >= 0.6 is 15.9 Å². The number of fused-ring (bicyclic) bond motifs is 1. The van der Waals surface area contributed by atoms with E-state index in [9.17, 15) is 0 Å². The Balaban J connectivity index is 1.88. The van der Waals surface area contributed by atoms with Gasteiger partial charge in [0.25, 0.3) is 0 Å². The monoisotopic (exact) mass is 332 g/mol. The van der Waals surface area contributed by atoms with Crippen LogP contribution in [0, 0.1) is 5.92 Å². The number of piperazine rings is 1. The van der Waals surface area contributed by atoms with E-state index < -0.39 is 0 Å². The van der Waals surface area contributed by atoms with Crippen molar-refractivity contribution in [3.63, 3.8) is 0 Å². The molecule has 1 heterocycles. The highest BCUT2D eigenvalue weighted by atomic mass is 79.9. The first kappa shape index (κ1) is 13.9. The van der Waals surface area contributed by atoms with Crippen LogP contribution in [-0.4, -0.2) is 25.7 Å². The molecule has 1 fully saturated rings. The number of rotatable bonds is 2. The smallest absolute Gasteiger partial charge is 0.0373 e. The number of hydrogen-bond acceptors (Lipinski definition) is 2. The minimum absolute atomic E-state index is 0.587. The molecule has 0 aliphatic carbocycles. The number of halogens is 1. The van der Waals surface area contributed by atoms with Gasteiger partial charge in [0.15, 0.2) is 0 Å². The second kappa shape index (κ2) is 5.74. The van der Waals surface area contributed by atoms with Crippen molar-refractivity contribution < 1.29 is 0 Å². The minimum Gasteiger partial charge on any atom is -0.369 e. The third-order valence-electron chi connectivity index (χ3n) is 4.16. The standard InChI is InChI=1S/C17H21BrN2/c1-12(2)17-11-20(8-7-19-17)16-6-4-13-9-15(18)5-3-14(13)10-16/h3-6,9-10,12,17,19H,7-8,11H2,1-2H3. The molecule has 1 atom stereocenters. The third-order valence-corrected chi connectivity index (χ3v) is 4.65. The van der Waals surface area contributed by atoms with Crippen LogP contribution in [0.4, 0.5) is 5.69 Å². The molecule has 2 nitrogen and oxygen atoms in total. The van der Waals surface area contributed by atoms with Crippen LogP contribution in [0.15, 0.2) is 40.9 Å². The van der Waals surface area contributed by atoms with Gasteiger partial charge in [-0.05, 0) is 41.0 Å². The van der Waals surface area contributed by atoms with E-state index in [0.717, 1.165) is 24.1 Å². The van der Waals surface area contributed by atoms with Gasteiger partial charge in [0.2, 0.25) is 0 Å². The van der Waals surface area contributed by atoms with E-state index in [1.54, 1.807) is 0 Å². The molecule has 0 aromatic heterocycles. The van der Waals surface area contributed by atoms with Crippen LogP contribution in [-0.2, 0) is 0 Å². The number of anilines is 1. The second-order valence-electron chi connectivity index (χ2n) is 5.93. The first-order valence-electron chi connectivity index (χ1n) is 7.31. The highest BCUT2D eigenvalue weighted by Gasteiger charge is 2.21. The molecule has 2 aromatic carbocycles. The van der Waals surface area contributed by atoms with Crippen LogP contribution in [0.25, 0.3) is 10.8 Å². The van der Waals surface area contributed by atoms with Crippen molar-refractivity contribution >= 4 is 32.4 Å². The van der Waals surface area contributed by atoms with Gasteiger partial charge in [-0.1, -0.05) is 41.9 Å². The van der Waals surface area contributed by atoms with E-state index in [4.69, 9.17) is 0 Å². The molecule has 0 amide bonds. The molecular weight excluding hydrogens is 312 g/mol. The summed E-state index contributed by atoms with van der Waals surface area (Å²) in [5.41, 5.74) is 1.34. The molecule has 0 saturated carbocycles. The van der Waals surface area contributed by atoms with E-state index >= 15 is 0 Å². The van der Waals surface area contributed by atoms with E-state index in [2.05, 4.69) is 76.4 Å². The zero-order valence-corrected chi connectivity index (χ0v) is 13.7. The Morgan fingerprint density at radius 3 is 2.70 bits per heavy atom. The van der Waals surface area contributed by atoms with Crippen molar-refractivity contribution in [2.24, 2.45) is 5.92 Å². The Hall–Kier alpha value is -1.06. The molecule has 2 aromatic rings. The lowest BCUT2D eigenvalue weighted by atomic mass is 10.0. The molecular formula is C17H21BrN2. The van der Waals surface area contributed by atoms with Gasteiger partial charge in [-0.2, -0.15) is 0 Å². The Morgan fingerprint density at radius 2 is 1.90 bits per heavy atom. The molecule has 1 aliphatic heterocycles. The van der Waals surface area contributed by atoms with Gasteiger partial charge in [-0.3, -0.25) is 0 Å². The topological polar surface area (TPSA) is 15.3 Å². The minimum atomic E-state index is 0.587. The van der Waals surface area contributed by atoms with Gasteiger partial charge in [-0.25, -0.2) is 0 Å². The second-order valence-corrected chi connectivity index (χ2v) is 6.84. The predicted molar refractivity (Wildman–Crippen MR) is 90.5 cm³/mol. The van der Waals surface area contributed by atoms with Gasteiger partial charge in [0.1, 0.15) is 0 Å². The molecule has 1 aliphatic rings. The molecule has 3 heteroatoms. The van der Waals surface area contributed by atoms with Crippen LogP contribution in [0.5, 0.6) is 0 Å². The average molecular weight is 333 g/mol. The van der Waals surface area contributed by atoms with Crippen molar-refractivity contribution in [1.29, 1.82) is 0 Å². The lowest BCUT2D eigenvalue weighted by molar-refractivity contribution is 0.368. The molecule has 20 heavy (non-hydrogen) atoms. The fourth-order valence-corrected chi connectivity index (χ4v) is 3.24. The van der Waals surface area contributed by atoms with Crippen molar-refractivity contribution in [2.75, 3.05) is 24.5 Å². The summed E-state index contributed by atoms with van der Waals surface area (Å²) in [4.78, 5) is 2.50. The summed E-state index contributed by atoms with van der Waals surface area (Å²) in [6, 6.07) is 13.8. The Bertz CT molecular complexity index is 609. The van der Waals surface area contributed by atoms with Gasteiger partial charge >= 0.3 is 0 Å². The SMILES string of the molecule is CC(C)C1CN(c2ccc3cc(Br)ccc3c2)CCN1. The molecule has 0 spiro atoms. The Morgan fingerprint density at radius 1 is 1.15 bits per heavy atom. The lowest BCUT2D eigenvalue weighted by Gasteiger charge is -2.37. The molecule has 106 valence electrons. The highest BCUT2D eigenvalue weighted by molar-refractivity contribution is 9.10. The van der Waals surface area contributed by atoms with Gasteiger partial charge in [0.05, 0.1) is 0 Å². The summed E-state index contributed by atoms with van der Waals surface area (Å²) >= 11 is 3.53. The van der Waals surface area contributed by atoms with E-state index in [1.807, 2.05) is 0 Å². The summed E-state index contributed by atoms with van der Waals surface area (Å²) in [5, 5.41) is 6.22. The Kier molecular flexibility index (Phi) is 3.99. The van der Waals surface area contributed by atoms with E-state index in [0.29, 0.717) is 12.0 Å². The maximum Gasteiger partial charge on any atom is 0.0373 e. The van der Waals surface area contributed by atoms with Gasteiger partial charge in [0, 0.05) is 35.8 Å². The van der Waals surface area contributed by atoms with E-state index in [-0.39, 0.29) is 0 Å². The number of benzene rings is 2. The van der Waals surface area contributed by atoms with Crippen LogP contribution in [0.3, 0.4) is 0 Å². The van der Waals surface area contributed by atoms with Crippen molar-refractivity contribution in [1.82, 2.24) is 5.32 Å². The molecule has 1 saturated heterocycles. The first-order valence-corrected chi connectivity index (χ1v) is 8.10. The predicted octanol–water partition coefficient (Wildman–Crippen LogP) is 4.04. The number of nitrogens with one attached hydrogen (secondary N) is 1. The van der Waals surface area contributed by atoms with E-state index in [1.165, 1.54) is 16.5 Å². The van der Waals surface area contributed by atoms with Crippen LogP contribution in [0.1, 0.15) is 13.8 Å². The Labute approximate surface area is 129 Å². The quantitative estimate of drug-likeness (QED) is 0.892. The molecule has 0 bridgehead atoms. The molecule has 1 N–H and O–H groups in total. The summed E-state index contributed by atoms with van der Waals surface area (Å²) in [7, 11) is 0. The normalized spacial score (nSPS) is 19.8. The summed E-state index contributed by atoms with van der Waals surface area (Å²) < 4.78 is 1.14. The average Bonchev–Trinajstić information content (AvgIpc) is 2.47. The van der Waals surface area contributed by atoms with Crippen molar-refractivity contribution in [3.8, 4) is 0 Å².